The van der Waals surface area contributed by atoms with Crippen molar-refractivity contribution in [1.29, 1.82) is 0 Å². The second-order valence-corrected chi connectivity index (χ2v) is 23.6. The molecule has 0 aliphatic rings. The van der Waals surface area contributed by atoms with Crippen molar-refractivity contribution in [1.82, 2.24) is 18.3 Å². The fourth-order valence-corrected chi connectivity index (χ4v) is 14.8. The van der Waals surface area contributed by atoms with E-state index in [1.807, 2.05) is 0 Å². The van der Waals surface area contributed by atoms with E-state index in [4.69, 9.17) is 4.42 Å². The Balaban J connectivity index is 0.903. The van der Waals surface area contributed by atoms with Crippen LogP contribution in [0.2, 0.25) is 0 Å². The van der Waals surface area contributed by atoms with Gasteiger partial charge in [0.05, 0.1) is 54.9 Å². The molecule has 5 heterocycles. The molecule has 0 radical (unpaired) electrons. The van der Waals surface area contributed by atoms with Crippen molar-refractivity contribution >= 4 is 143 Å². The van der Waals surface area contributed by atoms with E-state index >= 15 is 0 Å². The minimum Gasteiger partial charge on any atom is -0.455 e. The molecular formula is C84H54N6O. The first-order chi connectivity index (χ1) is 45.2. The normalized spacial score (nSPS) is 12.0. The van der Waals surface area contributed by atoms with Crippen molar-refractivity contribution in [3.8, 4) is 22.7 Å². The summed E-state index contributed by atoms with van der Waals surface area (Å²) in [5.41, 5.74) is 21.4. The molecule has 0 aliphatic carbocycles. The van der Waals surface area contributed by atoms with E-state index in [9.17, 15) is 0 Å². The molecule has 0 N–H and O–H groups in total. The number of fused-ring (bicyclic) bond motifs is 17. The summed E-state index contributed by atoms with van der Waals surface area (Å²) in [7, 11) is 0. The molecular weight excluding hydrogens is 1110 g/mol. The maximum Gasteiger partial charge on any atom is 0.145 e. The number of benzene rings is 14. The molecule has 0 saturated heterocycles. The molecule has 19 aromatic rings. The second-order valence-electron chi connectivity index (χ2n) is 23.6. The van der Waals surface area contributed by atoms with Crippen molar-refractivity contribution in [3.63, 3.8) is 0 Å². The zero-order valence-electron chi connectivity index (χ0n) is 49.3. The first-order valence-electron chi connectivity index (χ1n) is 31.1. The summed E-state index contributed by atoms with van der Waals surface area (Å²) in [5, 5.41) is 11.2. The van der Waals surface area contributed by atoms with Gasteiger partial charge in [0, 0.05) is 100.0 Å². The van der Waals surface area contributed by atoms with Crippen LogP contribution in [-0.4, -0.2) is 18.3 Å². The Bertz CT molecular complexity index is 5610. The molecule has 91 heavy (non-hydrogen) atoms. The molecule has 0 spiro atoms. The monoisotopic (exact) mass is 1160 g/mol. The summed E-state index contributed by atoms with van der Waals surface area (Å²) in [5.74, 6) is 0. The number of nitrogens with zero attached hydrogens (tertiary/aromatic N) is 6. The zero-order chi connectivity index (χ0) is 59.7. The van der Waals surface area contributed by atoms with Crippen molar-refractivity contribution in [3.05, 3.63) is 328 Å². The highest BCUT2D eigenvalue weighted by Gasteiger charge is 2.27. The van der Waals surface area contributed by atoms with Crippen molar-refractivity contribution < 1.29 is 4.42 Å². The molecule has 19 rings (SSSR count). The number of para-hydroxylation sites is 8. The minimum absolute atomic E-state index is 0.844. The van der Waals surface area contributed by atoms with Gasteiger partial charge in [-0.1, -0.05) is 146 Å². The molecule has 7 heteroatoms. The summed E-state index contributed by atoms with van der Waals surface area (Å²) in [6.45, 7) is 0. The molecule has 7 nitrogen and oxygen atoms in total. The minimum atomic E-state index is 0.844. The molecule has 0 saturated carbocycles. The van der Waals surface area contributed by atoms with Gasteiger partial charge in [0.15, 0.2) is 0 Å². The van der Waals surface area contributed by atoms with Crippen LogP contribution >= 0.6 is 0 Å². The number of hydrogen-bond acceptors (Lipinski definition) is 3. The highest BCUT2D eigenvalue weighted by Crippen LogP contribution is 2.49. The average molecular weight is 1160 g/mol. The fraction of sp³-hybridized carbons (Fsp3) is 0. The van der Waals surface area contributed by atoms with E-state index in [0.29, 0.717) is 0 Å². The van der Waals surface area contributed by atoms with E-state index in [1.54, 1.807) is 0 Å². The number of anilines is 6. The number of aromatic nitrogens is 4. The molecule has 0 unspecified atom stereocenters. The van der Waals surface area contributed by atoms with Gasteiger partial charge in [-0.05, 0) is 182 Å². The summed E-state index contributed by atoms with van der Waals surface area (Å²) in [6.07, 6.45) is 0. The third-order valence-electron chi connectivity index (χ3n) is 18.7. The quantitative estimate of drug-likeness (QED) is 0.137. The van der Waals surface area contributed by atoms with Crippen LogP contribution in [0.3, 0.4) is 0 Å². The lowest BCUT2D eigenvalue weighted by atomic mass is 10.0. The van der Waals surface area contributed by atoms with Gasteiger partial charge in [-0.15, -0.1) is 0 Å². The van der Waals surface area contributed by atoms with Gasteiger partial charge < -0.3 is 32.5 Å². The second kappa shape index (κ2) is 20.1. The zero-order valence-corrected chi connectivity index (χ0v) is 49.3. The third-order valence-corrected chi connectivity index (χ3v) is 18.7. The van der Waals surface area contributed by atoms with E-state index in [1.165, 1.54) is 32.6 Å². The Morgan fingerprint density at radius 1 is 0.187 bits per heavy atom. The lowest BCUT2D eigenvalue weighted by Gasteiger charge is -2.25. The highest BCUT2D eigenvalue weighted by atomic mass is 16.3. The Hall–Kier alpha value is -12.3. The number of rotatable bonds is 10. The molecule has 0 aliphatic heterocycles. The van der Waals surface area contributed by atoms with E-state index in [0.717, 1.165) is 133 Å². The predicted molar refractivity (Wildman–Crippen MR) is 380 cm³/mol. The van der Waals surface area contributed by atoms with Gasteiger partial charge in [0.25, 0.3) is 0 Å². The lowest BCUT2D eigenvalue weighted by molar-refractivity contribution is 0.677. The molecule has 0 fully saturated rings. The van der Waals surface area contributed by atoms with Gasteiger partial charge in [-0.25, -0.2) is 0 Å². The van der Waals surface area contributed by atoms with Gasteiger partial charge in [-0.2, -0.15) is 0 Å². The standard InChI is InChI=1S/C84H54N6O/c1-7-23-55(24-8-1)85(56-25-9-2-10-26-56)61-39-47-77-71(53-61)81-79(89(77)63-41-45-75-69(51-63)65-35-19-21-37-73(65)87(75)59-31-15-5-16-32-59)49-43-67-68-44-50-80-82(84(68)91-83(67)81)72-54-62(86(57-27-11-3-12-28-57)58-29-13-4-14-30-58)40-48-78(72)90(80)64-42-46-76-70(52-64)66-36-20-22-38-74(66)88(76)60-33-17-6-18-34-60/h1-54H. The third kappa shape index (κ3) is 7.74. The Labute approximate surface area is 523 Å². The van der Waals surface area contributed by atoms with Crippen LogP contribution in [0.1, 0.15) is 0 Å². The van der Waals surface area contributed by atoms with Crippen molar-refractivity contribution in [2.75, 3.05) is 9.80 Å². The smallest absolute Gasteiger partial charge is 0.145 e. The maximum absolute atomic E-state index is 7.83. The first-order valence-corrected chi connectivity index (χ1v) is 31.1. The molecule has 0 amide bonds. The van der Waals surface area contributed by atoms with E-state index in [-0.39, 0.29) is 0 Å². The van der Waals surface area contributed by atoms with Crippen LogP contribution < -0.4 is 9.80 Å². The van der Waals surface area contributed by atoms with E-state index < -0.39 is 0 Å². The van der Waals surface area contributed by atoms with Crippen molar-refractivity contribution in [2.24, 2.45) is 0 Å². The van der Waals surface area contributed by atoms with Crippen LogP contribution in [0.25, 0.3) is 132 Å². The number of furan rings is 1. The maximum atomic E-state index is 7.83. The topological polar surface area (TPSA) is 39.3 Å². The van der Waals surface area contributed by atoms with Gasteiger partial charge in [0.2, 0.25) is 0 Å². The Morgan fingerprint density at radius 3 is 0.868 bits per heavy atom. The summed E-state index contributed by atoms with van der Waals surface area (Å²) < 4.78 is 17.5. The SMILES string of the molecule is c1ccc(N(c2ccccc2)c2ccc3c(c2)c2c4oc5c(ccc6c5c5cc(N(c7ccccc7)c7ccccc7)ccc5n6-c5ccc6c(c5)c5ccccc5n6-c5ccccc5)c4ccc2n3-c2ccc3c(c2)c2ccccc2n3-c2ccccc2)cc1. The number of hydrogen-bond donors (Lipinski definition) is 0. The van der Waals surface area contributed by atoms with Crippen LogP contribution in [-0.2, 0) is 0 Å². The summed E-state index contributed by atoms with van der Waals surface area (Å²) in [4.78, 5) is 4.71. The van der Waals surface area contributed by atoms with Crippen molar-refractivity contribution in [2.45, 2.75) is 0 Å². The molecule has 5 aromatic heterocycles. The van der Waals surface area contributed by atoms with Crippen LogP contribution in [0.15, 0.2) is 332 Å². The fourth-order valence-electron chi connectivity index (χ4n) is 14.8. The summed E-state index contributed by atoms with van der Waals surface area (Å²) >= 11 is 0. The van der Waals surface area contributed by atoms with Gasteiger partial charge in [-0.3, -0.25) is 0 Å². The Kier molecular flexibility index (Phi) is 11.2. The molecule has 426 valence electrons. The first kappa shape index (κ1) is 50.8. The van der Waals surface area contributed by atoms with E-state index in [2.05, 4.69) is 356 Å². The Morgan fingerprint density at radius 2 is 0.484 bits per heavy atom. The highest BCUT2D eigenvalue weighted by molar-refractivity contribution is 6.30. The molecule has 0 bridgehead atoms. The van der Waals surface area contributed by atoms with Gasteiger partial charge in [0.1, 0.15) is 11.2 Å². The van der Waals surface area contributed by atoms with Gasteiger partial charge >= 0.3 is 0 Å². The predicted octanol–water partition coefficient (Wildman–Crippen LogP) is 22.9. The largest absolute Gasteiger partial charge is 0.455 e. The molecule has 14 aromatic carbocycles. The van der Waals surface area contributed by atoms with Crippen LogP contribution in [0, 0.1) is 0 Å². The lowest BCUT2D eigenvalue weighted by Crippen LogP contribution is -2.09. The summed E-state index contributed by atoms with van der Waals surface area (Å²) in [6, 6.07) is 119. The van der Waals surface area contributed by atoms with Crippen LogP contribution in [0.5, 0.6) is 0 Å². The van der Waals surface area contributed by atoms with Crippen LogP contribution in [0.4, 0.5) is 34.1 Å². The molecule has 0 atom stereocenters. The average Bonchev–Trinajstić information content (AvgIpc) is 1.58.